The molecule has 2 rings (SSSR count). The Morgan fingerprint density at radius 3 is 2.71 bits per heavy atom. The first-order valence-corrected chi connectivity index (χ1v) is 5.74. The highest BCUT2D eigenvalue weighted by Gasteiger charge is 2.14. The third-order valence-corrected chi connectivity index (χ3v) is 3.91. The van der Waals surface area contributed by atoms with Gasteiger partial charge in [-0.25, -0.2) is 8.78 Å². The van der Waals surface area contributed by atoms with Crippen molar-refractivity contribution in [2.45, 2.75) is 6.43 Å². The summed E-state index contributed by atoms with van der Waals surface area (Å²) in [6.45, 7) is 0. The first kappa shape index (κ1) is 10.1. The fourth-order valence-corrected chi connectivity index (χ4v) is 3.15. The minimum absolute atomic E-state index is 0.0734. The van der Waals surface area contributed by atoms with E-state index in [1.54, 1.807) is 6.07 Å². The number of thiophene rings is 1. The summed E-state index contributed by atoms with van der Waals surface area (Å²) in [6.07, 6.45) is -2.50. The lowest BCUT2D eigenvalue weighted by Gasteiger charge is -2.04. The molecule has 2 aromatic rings. The molecule has 2 N–H and O–H groups in total. The van der Waals surface area contributed by atoms with E-state index in [-0.39, 0.29) is 11.3 Å². The van der Waals surface area contributed by atoms with Gasteiger partial charge < -0.3 is 5.73 Å². The topological polar surface area (TPSA) is 26.0 Å². The van der Waals surface area contributed by atoms with Crippen LogP contribution in [0.3, 0.4) is 0 Å². The molecule has 5 heteroatoms. The van der Waals surface area contributed by atoms with Gasteiger partial charge in [0.05, 0.1) is 13.3 Å². The van der Waals surface area contributed by atoms with E-state index in [0.29, 0.717) is 0 Å². The average molecular weight is 325 g/mol. The summed E-state index contributed by atoms with van der Waals surface area (Å²) in [4.78, 5) is 0. The summed E-state index contributed by atoms with van der Waals surface area (Å²) in [7, 11) is 0. The second-order valence-corrected chi connectivity index (χ2v) is 5.78. The van der Waals surface area contributed by atoms with Crippen LogP contribution in [0.2, 0.25) is 0 Å². The van der Waals surface area contributed by atoms with Crippen molar-refractivity contribution in [2.75, 3.05) is 5.73 Å². The van der Waals surface area contributed by atoms with Crippen LogP contribution in [0.1, 0.15) is 12.0 Å². The molecule has 74 valence electrons. The van der Waals surface area contributed by atoms with Gasteiger partial charge in [0.15, 0.2) is 0 Å². The summed E-state index contributed by atoms with van der Waals surface area (Å²) in [5, 5.41) is 0.932. The molecule has 0 radical (unpaired) electrons. The van der Waals surface area contributed by atoms with Gasteiger partial charge in [-0.3, -0.25) is 0 Å². The van der Waals surface area contributed by atoms with Crippen molar-refractivity contribution >= 4 is 49.7 Å². The van der Waals surface area contributed by atoms with Crippen LogP contribution in [-0.4, -0.2) is 0 Å². The summed E-state index contributed by atoms with van der Waals surface area (Å²) in [6, 6.07) is 5.02. The highest BCUT2D eigenvalue weighted by Crippen LogP contribution is 2.36. The van der Waals surface area contributed by atoms with Gasteiger partial charge in [0.1, 0.15) is 0 Å². The number of hydrogen-bond acceptors (Lipinski definition) is 2. The van der Waals surface area contributed by atoms with Crippen LogP contribution in [0, 0.1) is 2.88 Å². The number of fused-ring (bicyclic) bond motifs is 1. The van der Waals surface area contributed by atoms with Crippen molar-refractivity contribution in [3.63, 3.8) is 0 Å². The highest BCUT2D eigenvalue weighted by molar-refractivity contribution is 14.1. The van der Waals surface area contributed by atoms with Gasteiger partial charge in [-0.15, -0.1) is 11.3 Å². The maximum absolute atomic E-state index is 12.5. The fraction of sp³-hybridized carbons (Fsp3) is 0.111. The van der Waals surface area contributed by atoms with E-state index in [9.17, 15) is 8.78 Å². The molecular formula is C9H6F2INS. The molecule has 0 aliphatic heterocycles. The van der Waals surface area contributed by atoms with Crippen molar-refractivity contribution < 1.29 is 8.78 Å². The van der Waals surface area contributed by atoms with Gasteiger partial charge in [-0.1, -0.05) is 12.1 Å². The summed E-state index contributed by atoms with van der Waals surface area (Å²) in [5.74, 6) is 0. The Morgan fingerprint density at radius 1 is 1.36 bits per heavy atom. The van der Waals surface area contributed by atoms with E-state index in [1.807, 2.05) is 6.07 Å². The Labute approximate surface area is 97.1 Å². The van der Waals surface area contributed by atoms with Crippen LogP contribution in [0.5, 0.6) is 0 Å². The quantitative estimate of drug-likeness (QED) is 0.622. The Balaban J connectivity index is 2.74. The minimum Gasteiger partial charge on any atom is -0.397 e. The number of nitrogen functional groups attached to an aromatic ring is 1. The van der Waals surface area contributed by atoms with E-state index in [1.165, 1.54) is 17.4 Å². The maximum atomic E-state index is 12.5. The molecule has 0 bridgehead atoms. The van der Waals surface area contributed by atoms with Crippen molar-refractivity contribution in [1.29, 1.82) is 0 Å². The zero-order chi connectivity index (χ0) is 10.3. The normalized spacial score (nSPS) is 11.4. The SMILES string of the molecule is Nc1c(C(F)F)ccc2cc(I)sc12. The molecule has 0 spiro atoms. The van der Waals surface area contributed by atoms with E-state index >= 15 is 0 Å². The lowest BCUT2D eigenvalue weighted by molar-refractivity contribution is 0.152. The molecule has 14 heavy (non-hydrogen) atoms. The zero-order valence-corrected chi connectivity index (χ0v) is 9.90. The molecule has 0 aliphatic rings. The maximum Gasteiger partial charge on any atom is 0.265 e. The van der Waals surface area contributed by atoms with Crippen LogP contribution in [0.4, 0.5) is 14.5 Å². The zero-order valence-electron chi connectivity index (χ0n) is 6.93. The number of alkyl halides is 2. The van der Waals surface area contributed by atoms with Crippen LogP contribution in [0.15, 0.2) is 18.2 Å². The lowest BCUT2D eigenvalue weighted by Crippen LogP contribution is -1.94. The second-order valence-electron chi connectivity index (χ2n) is 2.84. The molecule has 1 aromatic heterocycles. The third-order valence-electron chi connectivity index (χ3n) is 1.96. The predicted molar refractivity (Wildman–Crippen MR) is 63.9 cm³/mol. The van der Waals surface area contributed by atoms with Crippen LogP contribution >= 0.6 is 33.9 Å². The number of nitrogens with two attached hydrogens (primary N) is 1. The molecule has 0 atom stereocenters. The Morgan fingerprint density at radius 2 is 2.07 bits per heavy atom. The Kier molecular flexibility index (Phi) is 2.61. The fourth-order valence-electron chi connectivity index (χ4n) is 1.30. The predicted octanol–water partition coefficient (Wildman–Crippen LogP) is 4.03. The van der Waals surface area contributed by atoms with E-state index < -0.39 is 6.43 Å². The summed E-state index contributed by atoms with van der Waals surface area (Å²) < 4.78 is 26.8. The Bertz CT molecular complexity index is 481. The molecule has 1 aromatic carbocycles. The standard InChI is InChI=1S/C9H6F2INS/c10-9(11)5-2-1-4-3-6(12)14-8(4)7(5)13/h1-3,9H,13H2. The minimum atomic E-state index is -2.50. The molecular weight excluding hydrogens is 319 g/mol. The lowest BCUT2D eigenvalue weighted by atomic mass is 10.1. The largest absolute Gasteiger partial charge is 0.397 e. The third kappa shape index (κ3) is 1.58. The van der Waals surface area contributed by atoms with Gasteiger partial charge in [0.25, 0.3) is 6.43 Å². The number of anilines is 1. The molecule has 1 nitrogen and oxygen atoms in total. The summed E-state index contributed by atoms with van der Waals surface area (Å²) in [5.41, 5.74) is 5.80. The smallest absolute Gasteiger partial charge is 0.265 e. The molecule has 0 saturated heterocycles. The van der Waals surface area contributed by atoms with Crippen LogP contribution < -0.4 is 5.73 Å². The molecule has 1 heterocycles. The van der Waals surface area contributed by atoms with Crippen molar-refractivity contribution in [3.05, 3.63) is 26.6 Å². The van der Waals surface area contributed by atoms with Gasteiger partial charge >= 0.3 is 0 Å². The first-order chi connectivity index (χ1) is 6.59. The molecule has 0 aliphatic carbocycles. The first-order valence-electron chi connectivity index (χ1n) is 3.85. The van der Waals surface area contributed by atoms with Gasteiger partial charge in [0, 0.05) is 5.56 Å². The van der Waals surface area contributed by atoms with E-state index in [2.05, 4.69) is 22.6 Å². The monoisotopic (exact) mass is 325 g/mol. The van der Waals surface area contributed by atoms with Crippen molar-refractivity contribution in [2.24, 2.45) is 0 Å². The van der Waals surface area contributed by atoms with Crippen molar-refractivity contribution in [1.82, 2.24) is 0 Å². The molecule has 0 unspecified atom stereocenters. The van der Waals surface area contributed by atoms with E-state index in [0.717, 1.165) is 13.0 Å². The van der Waals surface area contributed by atoms with Crippen LogP contribution in [-0.2, 0) is 0 Å². The number of hydrogen-bond donors (Lipinski definition) is 1. The van der Waals surface area contributed by atoms with Crippen molar-refractivity contribution in [3.8, 4) is 0 Å². The number of halogens is 3. The molecule has 0 amide bonds. The van der Waals surface area contributed by atoms with Gasteiger partial charge in [0.2, 0.25) is 0 Å². The van der Waals surface area contributed by atoms with Gasteiger partial charge in [-0.05, 0) is 34.0 Å². The second kappa shape index (κ2) is 3.62. The Hall–Kier alpha value is -0.430. The number of rotatable bonds is 1. The van der Waals surface area contributed by atoms with Crippen LogP contribution in [0.25, 0.3) is 10.1 Å². The average Bonchev–Trinajstić information content (AvgIpc) is 2.46. The molecule has 0 fully saturated rings. The number of benzene rings is 1. The van der Waals surface area contributed by atoms with E-state index in [4.69, 9.17) is 5.73 Å². The van der Waals surface area contributed by atoms with Gasteiger partial charge in [-0.2, -0.15) is 0 Å². The highest BCUT2D eigenvalue weighted by atomic mass is 127. The molecule has 0 saturated carbocycles. The summed E-state index contributed by atoms with van der Waals surface area (Å²) >= 11 is 3.59.